The van der Waals surface area contributed by atoms with Crippen LogP contribution in [-0.4, -0.2) is 34.8 Å². The Morgan fingerprint density at radius 1 is 1.33 bits per heavy atom. The molecular weight excluding hydrogens is 228 g/mol. The third kappa shape index (κ3) is 2.91. The summed E-state index contributed by atoms with van der Waals surface area (Å²) in [6.07, 6.45) is -1.21. The highest BCUT2D eigenvalue weighted by atomic mass is 35.5. The highest BCUT2D eigenvalue weighted by Gasteiger charge is 2.33. The van der Waals surface area contributed by atoms with Crippen LogP contribution in [-0.2, 0) is 19.2 Å². The summed E-state index contributed by atoms with van der Waals surface area (Å²) in [7, 11) is 0. The number of carbonyl (C=O) groups excluding carboxylic acids is 4. The third-order valence-corrected chi connectivity index (χ3v) is 1.79. The summed E-state index contributed by atoms with van der Waals surface area (Å²) in [5, 5.41) is 2.05. The molecule has 1 fully saturated rings. The summed E-state index contributed by atoms with van der Waals surface area (Å²) in [5.74, 6) is -2.43. The molecule has 1 saturated heterocycles. The second-order valence-electron chi connectivity index (χ2n) is 2.64. The molecule has 1 aliphatic heterocycles. The molecule has 82 valence electrons. The molecule has 0 spiro atoms. The fourth-order valence-corrected chi connectivity index (χ4v) is 0.978. The molecule has 15 heavy (non-hydrogen) atoms. The Morgan fingerprint density at radius 3 is 2.33 bits per heavy atom. The molecule has 1 heterocycles. The van der Waals surface area contributed by atoms with Gasteiger partial charge in [-0.25, -0.2) is 4.79 Å². The molecule has 0 aromatic carbocycles. The van der Waals surface area contributed by atoms with Crippen molar-refractivity contribution in [2.45, 2.75) is 12.8 Å². The van der Waals surface area contributed by atoms with Crippen molar-refractivity contribution in [2.24, 2.45) is 0 Å². The van der Waals surface area contributed by atoms with Gasteiger partial charge in [0.15, 0.2) is 0 Å². The molecule has 0 radical (unpaired) electrons. The molecule has 0 saturated carbocycles. The number of rotatable bonds is 2. The van der Waals surface area contributed by atoms with Crippen molar-refractivity contribution in [3.63, 3.8) is 0 Å². The topological polar surface area (TPSA) is 92.8 Å². The highest BCUT2D eigenvalue weighted by Crippen LogP contribution is 2.11. The number of carbonyl (C=O) groups is 4. The summed E-state index contributed by atoms with van der Waals surface area (Å²) < 4.78 is 0. The lowest BCUT2D eigenvalue weighted by Crippen LogP contribution is -2.39. The van der Waals surface area contributed by atoms with Gasteiger partial charge in [0.2, 0.25) is 5.91 Å². The molecule has 1 N–H and O–H groups in total. The number of imide groups is 2. The van der Waals surface area contributed by atoms with Crippen LogP contribution in [0.15, 0.2) is 0 Å². The molecule has 8 heteroatoms. The zero-order valence-corrected chi connectivity index (χ0v) is 8.24. The van der Waals surface area contributed by atoms with Crippen molar-refractivity contribution in [1.29, 1.82) is 0 Å². The predicted molar refractivity (Wildman–Crippen MR) is 46.4 cm³/mol. The van der Waals surface area contributed by atoms with Gasteiger partial charge in [-0.05, 0) is 0 Å². The number of alkyl halides is 1. The highest BCUT2D eigenvalue weighted by molar-refractivity contribution is 6.28. The Kier molecular flexibility index (Phi) is 3.62. The number of nitrogens with zero attached hydrogens (tertiary/aromatic N) is 1. The Hall–Kier alpha value is -1.63. The van der Waals surface area contributed by atoms with Crippen LogP contribution in [0.1, 0.15) is 12.8 Å². The second kappa shape index (κ2) is 4.74. The van der Waals surface area contributed by atoms with Gasteiger partial charge in [-0.1, -0.05) is 0 Å². The van der Waals surface area contributed by atoms with Crippen LogP contribution in [0.2, 0.25) is 0 Å². The van der Waals surface area contributed by atoms with Crippen molar-refractivity contribution in [3.8, 4) is 0 Å². The quantitative estimate of drug-likeness (QED) is 0.516. The minimum absolute atomic E-state index is 0.00440. The smallest absolute Gasteiger partial charge is 0.310 e. The minimum atomic E-state index is -1.20. The molecule has 0 aliphatic carbocycles. The first-order chi connectivity index (χ1) is 7.04. The van der Waals surface area contributed by atoms with Gasteiger partial charge in [-0.15, -0.1) is 16.7 Å². The lowest BCUT2D eigenvalue weighted by Gasteiger charge is -2.11. The SMILES string of the molecule is O=C(CCl)NC(=O)ON1C(=O)CCC1=O. The van der Waals surface area contributed by atoms with E-state index in [4.69, 9.17) is 11.6 Å². The summed E-state index contributed by atoms with van der Waals surface area (Å²) in [6.45, 7) is 0. The van der Waals surface area contributed by atoms with Gasteiger partial charge in [0.05, 0.1) is 0 Å². The predicted octanol–water partition coefficient (Wildman–Crippen LogP) is -0.458. The van der Waals surface area contributed by atoms with Gasteiger partial charge < -0.3 is 4.84 Å². The van der Waals surface area contributed by atoms with Gasteiger partial charge in [-0.2, -0.15) is 0 Å². The number of hydrogen-bond donors (Lipinski definition) is 1. The van der Waals surface area contributed by atoms with E-state index in [2.05, 4.69) is 4.84 Å². The van der Waals surface area contributed by atoms with Crippen LogP contribution in [0.4, 0.5) is 4.79 Å². The largest absolute Gasteiger partial charge is 0.438 e. The fourth-order valence-electron chi connectivity index (χ4n) is 0.911. The van der Waals surface area contributed by atoms with Crippen LogP contribution in [0.3, 0.4) is 0 Å². The van der Waals surface area contributed by atoms with Gasteiger partial charge in [0.25, 0.3) is 11.8 Å². The van der Waals surface area contributed by atoms with E-state index in [1.54, 1.807) is 5.32 Å². The first-order valence-corrected chi connectivity index (χ1v) is 4.51. The van der Waals surface area contributed by atoms with Crippen LogP contribution in [0.25, 0.3) is 0 Å². The average Bonchev–Trinajstić information content (AvgIpc) is 2.49. The molecule has 1 aliphatic rings. The van der Waals surface area contributed by atoms with E-state index in [9.17, 15) is 19.2 Å². The lowest BCUT2D eigenvalue weighted by molar-refractivity contribution is -0.171. The molecule has 0 bridgehead atoms. The van der Waals surface area contributed by atoms with Gasteiger partial charge >= 0.3 is 6.09 Å². The first kappa shape index (κ1) is 11.4. The molecule has 7 nitrogen and oxygen atoms in total. The monoisotopic (exact) mass is 234 g/mol. The maximum atomic E-state index is 11.0. The molecule has 0 aromatic heterocycles. The minimum Gasteiger partial charge on any atom is -0.310 e. The average molecular weight is 235 g/mol. The molecular formula is C7H7ClN2O5. The van der Waals surface area contributed by atoms with E-state index in [1.165, 1.54) is 0 Å². The fraction of sp³-hybridized carbons (Fsp3) is 0.429. The lowest BCUT2D eigenvalue weighted by atomic mass is 10.4. The zero-order valence-electron chi connectivity index (χ0n) is 7.49. The van der Waals surface area contributed by atoms with E-state index in [1.807, 2.05) is 0 Å². The van der Waals surface area contributed by atoms with E-state index >= 15 is 0 Å². The molecule has 0 unspecified atom stereocenters. The van der Waals surface area contributed by atoms with Gasteiger partial charge in [0, 0.05) is 12.8 Å². The number of hydrogen-bond acceptors (Lipinski definition) is 5. The summed E-state index contributed by atoms with van der Waals surface area (Å²) in [4.78, 5) is 47.8. The van der Waals surface area contributed by atoms with Crippen molar-refractivity contribution in [2.75, 3.05) is 5.88 Å². The van der Waals surface area contributed by atoms with Crippen molar-refractivity contribution < 1.29 is 24.0 Å². The van der Waals surface area contributed by atoms with Crippen LogP contribution in [0, 0.1) is 0 Å². The van der Waals surface area contributed by atoms with E-state index in [0.29, 0.717) is 5.06 Å². The third-order valence-electron chi connectivity index (χ3n) is 1.54. The maximum Gasteiger partial charge on any atom is 0.438 e. The molecule has 0 aromatic rings. The summed E-state index contributed by atoms with van der Waals surface area (Å²) in [5.41, 5.74) is 0. The Balaban J connectivity index is 2.47. The van der Waals surface area contributed by atoms with Crippen molar-refractivity contribution in [1.82, 2.24) is 10.4 Å². The molecule has 4 amide bonds. The Morgan fingerprint density at radius 2 is 1.87 bits per heavy atom. The Bertz CT molecular complexity index is 313. The van der Waals surface area contributed by atoms with Crippen molar-refractivity contribution >= 4 is 35.4 Å². The molecule has 0 atom stereocenters. The number of nitrogens with one attached hydrogen (secondary N) is 1. The standard InChI is InChI=1S/C7H7ClN2O5/c8-3-4(11)9-7(14)15-10-5(12)1-2-6(10)13/h1-3H2,(H,9,11,14). The number of halogens is 1. The van der Waals surface area contributed by atoms with Crippen LogP contribution >= 0.6 is 11.6 Å². The summed E-state index contributed by atoms with van der Waals surface area (Å²) in [6, 6.07) is 0. The van der Waals surface area contributed by atoms with E-state index in [-0.39, 0.29) is 12.8 Å². The zero-order chi connectivity index (χ0) is 11.4. The van der Waals surface area contributed by atoms with Crippen molar-refractivity contribution in [3.05, 3.63) is 0 Å². The summed E-state index contributed by atoms with van der Waals surface area (Å²) >= 11 is 5.10. The first-order valence-electron chi connectivity index (χ1n) is 3.98. The number of amides is 4. The van der Waals surface area contributed by atoms with Crippen LogP contribution < -0.4 is 5.32 Å². The normalized spacial score (nSPS) is 15.4. The van der Waals surface area contributed by atoms with E-state index in [0.717, 1.165) is 0 Å². The maximum absolute atomic E-state index is 11.0. The van der Waals surface area contributed by atoms with Gasteiger partial charge in [-0.3, -0.25) is 19.7 Å². The van der Waals surface area contributed by atoms with Crippen LogP contribution in [0.5, 0.6) is 0 Å². The molecule has 1 rings (SSSR count). The van der Waals surface area contributed by atoms with E-state index < -0.39 is 29.7 Å². The van der Waals surface area contributed by atoms with Gasteiger partial charge in [0.1, 0.15) is 5.88 Å². The Labute approximate surface area is 89.2 Å². The second-order valence-corrected chi connectivity index (χ2v) is 2.91. The number of hydroxylamine groups is 2.